The molecule has 0 atom stereocenters. The Morgan fingerprint density at radius 2 is 1.81 bits per heavy atom. The van der Waals surface area contributed by atoms with Gasteiger partial charge >= 0.3 is 0 Å². The normalized spacial score (nSPS) is 12.1. The predicted octanol–water partition coefficient (Wildman–Crippen LogP) is 1.69. The largest absolute Gasteiger partial charge is 0.263 e. The maximum absolute atomic E-state index is 13.3. The van der Waals surface area contributed by atoms with E-state index in [1.54, 1.807) is 20.8 Å². The van der Waals surface area contributed by atoms with Crippen LogP contribution in [0, 0.1) is 26.6 Å². The zero-order valence-electron chi connectivity index (χ0n) is 12.3. The first-order valence-corrected chi connectivity index (χ1v) is 7.77. The quantitative estimate of drug-likeness (QED) is 0.932. The van der Waals surface area contributed by atoms with Crippen LogP contribution in [0.1, 0.15) is 22.8 Å². The van der Waals surface area contributed by atoms with Crippen molar-refractivity contribution in [3.63, 3.8) is 0 Å². The highest BCUT2D eigenvalue weighted by Crippen LogP contribution is 2.24. The first-order chi connectivity index (χ1) is 9.71. The smallest absolute Gasteiger partial charge is 0.243 e. The third-order valence-electron chi connectivity index (χ3n) is 3.10. The summed E-state index contributed by atoms with van der Waals surface area (Å²) in [6.07, 6.45) is 0. The van der Waals surface area contributed by atoms with Crippen LogP contribution >= 0.6 is 0 Å². The van der Waals surface area contributed by atoms with Crippen LogP contribution in [0.25, 0.3) is 0 Å². The zero-order valence-corrected chi connectivity index (χ0v) is 13.1. The monoisotopic (exact) mass is 312 g/mol. The highest BCUT2D eigenvalue weighted by atomic mass is 32.2. The van der Waals surface area contributed by atoms with Crippen molar-refractivity contribution in [2.75, 3.05) is 7.05 Å². The summed E-state index contributed by atoms with van der Waals surface area (Å²) in [6, 6.07) is 2.43. The third-order valence-corrected chi connectivity index (χ3v) is 5.21. The van der Waals surface area contributed by atoms with Crippen LogP contribution in [0.2, 0.25) is 0 Å². The van der Waals surface area contributed by atoms with Crippen LogP contribution in [-0.4, -0.2) is 35.0 Å². The van der Waals surface area contributed by atoms with E-state index in [2.05, 4.69) is 15.2 Å². The predicted molar refractivity (Wildman–Crippen MR) is 75.6 cm³/mol. The van der Waals surface area contributed by atoms with E-state index in [-0.39, 0.29) is 11.4 Å². The number of aromatic nitrogens is 3. The average molecular weight is 312 g/mol. The molecule has 0 bridgehead atoms. The van der Waals surface area contributed by atoms with Gasteiger partial charge in [0.05, 0.1) is 11.4 Å². The van der Waals surface area contributed by atoms with Crippen molar-refractivity contribution >= 4 is 10.0 Å². The van der Waals surface area contributed by atoms with E-state index in [1.807, 2.05) is 0 Å². The third kappa shape index (κ3) is 3.11. The molecular weight excluding hydrogens is 295 g/mol. The molecule has 0 radical (unpaired) electrons. The first-order valence-electron chi connectivity index (χ1n) is 6.33. The Labute approximate surface area is 123 Å². The number of hydrogen-bond donors (Lipinski definition) is 1. The number of benzene rings is 1. The van der Waals surface area contributed by atoms with Gasteiger partial charge in [-0.15, -0.1) is 0 Å². The van der Waals surface area contributed by atoms with E-state index in [1.165, 1.54) is 19.2 Å². The summed E-state index contributed by atoms with van der Waals surface area (Å²) in [5, 5.41) is 6.58. The topological polar surface area (TPSA) is 79.0 Å². The molecule has 0 aliphatic rings. The Bertz CT molecular complexity index is 747. The Kier molecular flexibility index (Phi) is 4.11. The van der Waals surface area contributed by atoms with Gasteiger partial charge in [-0.1, -0.05) is 0 Å². The number of sulfonamides is 1. The van der Waals surface area contributed by atoms with Gasteiger partial charge in [0.15, 0.2) is 5.82 Å². The van der Waals surface area contributed by atoms with Crippen LogP contribution in [0.3, 0.4) is 0 Å². The lowest BCUT2D eigenvalue weighted by molar-refractivity contribution is 0.456. The number of aromatic amines is 1. The summed E-state index contributed by atoms with van der Waals surface area (Å²) >= 11 is 0. The average Bonchev–Trinajstić information content (AvgIpc) is 2.72. The van der Waals surface area contributed by atoms with E-state index >= 15 is 0 Å². The number of rotatable bonds is 4. The van der Waals surface area contributed by atoms with Gasteiger partial charge in [0.2, 0.25) is 10.0 Å². The minimum absolute atomic E-state index is 0.0446. The molecule has 0 fully saturated rings. The molecule has 8 heteroatoms. The lowest BCUT2D eigenvalue weighted by Gasteiger charge is -2.19. The van der Waals surface area contributed by atoms with Gasteiger partial charge in [-0.05, 0) is 44.0 Å². The van der Waals surface area contributed by atoms with Crippen LogP contribution < -0.4 is 0 Å². The van der Waals surface area contributed by atoms with Gasteiger partial charge in [0.25, 0.3) is 0 Å². The number of nitrogens with one attached hydrogen (secondary N) is 1. The van der Waals surface area contributed by atoms with Gasteiger partial charge in [-0.25, -0.2) is 17.8 Å². The first kappa shape index (κ1) is 15.6. The maximum Gasteiger partial charge on any atom is 0.243 e. The highest BCUT2D eigenvalue weighted by molar-refractivity contribution is 7.89. The fourth-order valence-corrected chi connectivity index (χ4v) is 3.73. The SMILES string of the molecule is Cc1nc(CN(C)S(=O)(=O)c2c(C)cc(F)cc2C)n[nH]1. The Morgan fingerprint density at radius 3 is 2.29 bits per heavy atom. The minimum atomic E-state index is -3.73. The molecule has 0 saturated carbocycles. The number of H-pyrrole nitrogens is 1. The molecule has 0 unspecified atom stereocenters. The van der Waals surface area contributed by atoms with Crippen molar-refractivity contribution in [1.82, 2.24) is 19.5 Å². The number of halogens is 1. The van der Waals surface area contributed by atoms with Crippen LogP contribution in [0.5, 0.6) is 0 Å². The summed E-state index contributed by atoms with van der Waals surface area (Å²) in [5.41, 5.74) is 0.760. The molecule has 0 spiro atoms. The van der Waals surface area contributed by atoms with E-state index < -0.39 is 15.8 Å². The number of nitrogens with zero attached hydrogens (tertiary/aromatic N) is 3. The van der Waals surface area contributed by atoms with Crippen molar-refractivity contribution in [1.29, 1.82) is 0 Å². The molecule has 1 aromatic carbocycles. The summed E-state index contributed by atoms with van der Waals surface area (Å²) in [4.78, 5) is 4.21. The van der Waals surface area contributed by atoms with Crippen molar-refractivity contribution in [3.05, 3.63) is 40.7 Å². The Balaban J connectivity index is 2.38. The lowest BCUT2D eigenvalue weighted by atomic mass is 10.1. The second-order valence-corrected chi connectivity index (χ2v) is 6.95. The Hall–Kier alpha value is -1.80. The Morgan fingerprint density at radius 1 is 1.24 bits per heavy atom. The van der Waals surface area contributed by atoms with E-state index in [4.69, 9.17) is 0 Å². The van der Waals surface area contributed by atoms with Crippen molar-refractivity contribution in [2.45, 2.75) is 32.2 Å². The van der Waals surface area contributed by atoms with Crippen LogP contribution in [0.15, 0.2) is 17.0 Å². The molecule has 2 aromatic rings. The summed E-state index contributed by atoms with van der Waals surface area (Å²) in [5.74, 6) is 0.553. The zero-order chi connectivity index (χ0) is 15.8. The fraction of sp³-hybridized carbons (Fsp3) is 0.385. The van der Waals surface area contributed by atoms with Crippen LogP contribution in [-0.2, 0) is 16.6 Å². The molecule has 114 valence electrons. The van der Waals surface area contributed by atoms with Gasteiger partial charge in [-0.3, -0.25) is 5.10 Å². The standard InChI is InChI=1S/C13H17FN4O2S/c1-8-5-11(14)6-9(2)13(8)21(19,20)18(4)7-12-15-10(3)16-17-12/h5-6H,7H2,1-4H3,(H,15,16,17). The molecule has 6 nitrogen and oxygen atoms in total. The van der Waals surface area contributed by atoms with Crippen molar-refractivity contribution in [2.24, 2.45) is 0 Å². The second-order valence-electron chi connectivity index (χ2n) is 4.97. The molecule has 0 amide bonds. The molecule has 1 aromatic heterocycles. The van der Waals surface area contributed by atoms with Gasteiger partial charge in [-0.2, -0.15) is 9.40 Å². The van der Waals surface area contributed by atoms with Gasteiger partial charge < -0.3 is 0 Å². The van der Waals surface area contributed by atoms with Gasteiger partial charge in [0.1, 0.15) is 11.6 Å². The molecule has 0 saturated heterocycles. The van der Waals surface area contributed by atoms with E-state index in [0.29, 0.717) is 22.8 Å². The molecule has 2 rings (SSSR count). The molecule has 0 aliphatic heterocycles. The van der Waals surface area contributed by atoms with E-state index in [9.17, 15) is 12.8 Å². The van der Waals surface area contributed by atoms with Crippen molar-refractivity contribution < 1.29 is 12.8 Å². The lowest BCUT2D eigenvalue weighted by Crippen LogP contribution is -2.28. The number of hydrogen-bond acceptors (Lipinski definition) is 4. The van der Waals surface area contributed by atoms with Gasteiger partial charge in [0, 0.05) is 7.05 Å². The summed E-state index contributed by atoms with van der Waals surface area (Å²) in [7, 11) is -2.29. The molecule has 1 N–H and O–H groups in total. The number of aryl methyl sites for hydroxylation is 3. The summed E-state index contributed by atoms with van der Waals surface area (Å²) < 4.78 is 39.7. The molecule has 21 heavy (non-hydrogen) atoms. The molecule has 0 aliphatic carbocycles. The van der Waals surface area contributed by atoms with Crippen molar-refractivity contribution in [3.8, 4) is 0 Å². The van der Waals surface area contributed by atoms with E-state index in [0.717, 1.165) is 4.31 Å². The minimum Gasteiger partial charge on any atom is -0.263 e. The highest BCUT2D eigenvalue weighted by Gasteiger charge is 2.26. The fourth-order valence-electron chi connectivity index (χ4n) is 2.20. The second kappa shape index (κ2) is 5.53. The molecule has 1 heterocycles. The maximum atomic E-state index is 13.3. The summed E-state index contributed by atoms with van der Waals surface area (Å²) in [6.45, 7) is 4.93. The molecular formula is C13H17FN4O2S. The van der Waals surface area contributed by atoms with Crippen LogP contribution in [0.4, 0.5) is 4.39 Å².